The van der Waals surface area contributed by atoms with Crippen molar-refractivity contribution < 1.29 is 5.11 Å². The number of pyridine rings is 1. The lowest BCUT2D eigenvalue weighted by molar-refractivity contribution is 0.160. The second-order valence-corrected chi connectivity index (χ2v) is 5.47. The molecule has 0 bridgehead atoms. The predicted octanol–water partition coefficient (Wildman–Crippen LogP) is 2.50. The summed E-state index contributed by atoms with van der Waals surface area (Å²) in [5.41, 5.74) is 2.33. The number of hydrogen-bond acceptors (Lipinski definition) is 4. The van der Waals surface area contributed by atoms with Crippen molar-refractivity contribution >= 4 is 11.3 Å². The van der Waals surface area contributed by atoms with Crippen LogP contribution in [0, 0.1) is 0 Å². The van der Waals surface area contributed by atoms with E-state index in [1.807, 2.05) is 12.1 Å². The number of aliphatic hydroxyl groups is 1. The molecule has 2 aromatic heterocycles. The van der Waals surface area contributed by atoms with Crippen LogP contribution in [-0.2, 0) is 12.8 Å². The van der Waals surface area contributed by atoms with Crippen LogP contribution in [-0.4, -0.2) is 15.1 Å². The quantitative estimate of drug-likeness (QED) is 0.885. The first kappa shape index (κ1) is 10.9. The monoisotopic (exact) mass is 246 g/mol. The van der Waals surface area contributed by atoms with Crippen LogP contribution in [0.5, 0.6) is 0 Å². The van der Waals surface area contributed by atoms with E-state index in [1.165, 1.54) is 5.56 Å². The van der Waals surface area contributed by atoms with Gasteiger partial charge in [-0.15, -0.1) is 11.3 Å². The molecule has 1 N–H and O–H groups in total. The molecular weight excluding hydrogens is 232 g/mol. The molecule has 0 saturated carbocycles. The zero-order chi connectivity index (χ0) is 11.7. The molecule has 0 aromatic carbocycles. The topological polar surface area (TPSA) is 46.0 Å². The van der Waals surface area contributed by atoms with Gasteiger partial charge in [0.05, 0.1) is 21.7 Å². The second-order valence-electron chi connectivity index (χ2n) is 4.36. The SMILES string of the molecule is OC1CCCc2nc(Cc3ccncc3)sc21. The van der Waals surface area contributed by atoms with E-state index in [4.69, 9.17) is 0 Å². The van der Waals surface area contributed by atoms with Crippen LogP contribution in [0.15, 0.2) is 24.5 Å². The lowest BCUT2D eigenvalue weighted by Crippen LogP contribution is -2.06. The molecule has 17 heavy (non-hydrogen) atoms. The van der Waals surface area contributed by atoms with Crippen LogP contribution in [0.1, 0.15) is 40.1 Å². The molecule has 4 heteroatoms. The van der Waals surface area contributed by atoms with Crippen molar-refractivity contribution in [1.29, 1.82) is 0 Å². The Morgan fingerprint density at radius 3 is 2.94 bits per heavy atom. The summed E-state index contributed by atoms with van der Waals surface area (Å²) >= 11 is 1.66. The number of nitrogens with zero attached hydrogens (tertiary/aromatic N) is 2. The molecule has 0 aliphatic heterocycles. The summed E-state index contributed by atoms with van der Waals surface area (Å²) in [6.45, 7) is 0. The van der Waals surface area contributed by atoms with E-state index in [1.54, 1.807) is 23.7 Å². The van der Waals surface area contributed by atoms with Crippen molar-refractivity contribution in [2.75, 3.05) is 0 Å². The first-order valence-electron chi connectivity index (χ1n) is 5.88. The van der Waals surface area contributed by atoms with Gasteiger partial charge >= 0.3 is 0 Å². The van der Waals surface area contributed by atoms with Gasteiger partial charge in [-0.1, -0.05) is 0 Å². The molecule has 0 amide bonds. The number of aromatic nitrogens is 2. The van der Waals surface area contributed by atoms with Gasteiger partial charge in [0.1, 0.15) is 0 Å². The fraction of sp³-hybridized carbons (Fsp3) is 0.385. The highest BCUT2D eigenvalue weighted by atomic mass is 32.1. The maximum Gasteiger partial charge on any atom is 0.0975 e. The van der Waals surface area contributed by atoms with Crippen LogP contribution >= 0.6 is 11.3 Å². The number of thiazole rings is 1. The van der Waals surface area contributed by atoms with Crippen LogP contribution in [0.2, 0.25) is 0 Å². The molecule has 88 valence electrons. The van der Waals surface area contributed by atoms with E-state index in [0.29, 0.717) is 0 Å². The standard InChI is InChI=1S/C13H14N2OS/c16-11-3-1-2-10-13(11)17-12(15-10)8-9-4-6-14-7-5-9/h4-7,11,16H,1-3,8H2. The molecule has 0 spiro atoms. The summed E-state index contributed by atoms with van der Waals surface area (Å²) in [6.07, 6.45) is 7.10. The average molecular weight is 246 g/mol. The molecule has 1 unspecified atom stereocenters. The van der Waals surface area contributed by atoms with Gasteiger partial charge in [-0.2, -0.15) is 0 Å². The Labute approximate surface area is 104 Å². The van der Waals surface area contributed by atoms with Gasteiger partial charge in [0.2, 0.25) is 0 Å². The highest BCUT2D eigenvalue weighted by Gasteiger charge is 2.22. The van der Waals surface area contributed by atoms with E-state index >= 15 is 0 Å². The summed E-state index contributed by atoms with van der Waals surface area (Å²) in [6, 6.07) is 4.02. The highest BCUT2D eigenvalue weighted by Crippen LogP contribution is 2.34. The Hall–Kier alpha value is -1.26. The summed E-state index contributed by atoms with van der Waals surface area (Å²) < 4.78 is 0. The molecule has 0 radical (unpaired) electrons. The van der Waals surface area contributed by atoms with Crippen molar-refractivity contribution in [3.05, 3.63) is 45.7 Å². The zero-order valence-electron chi connectivity index (χ0n) is 9.47. The number of aryl methyl sites for hydroxylation is 1. The van der Waals surface area contributed by atoms with Crippen molar-refractivity contribution in [3.8, 4) is 0 Å². The predicted molar refractivity (Wildman–Crippen MR) is 67.1 cm³/mol. The van der Waals surface area contributed by atoms with E-state index in [0.717, 1.165) is 41.3 Å². The normalized spacial score (nSPS) is 19.0. The third-order valence-electron chi connectivity index (χ3n) is 3.07. The summed E-state index contributed by atoms with van der Waals surface area (Å²) in [7, 11) is 0. The molecule has 2 heterocycles. The minimum atomic E-state index is -0.289. The lowest BCUT2D eigenvalue weighted by atomic mass is 10.0. The molecule has 1 atom stereocenters. The van der Waals surface area contributed by atoms with Crippen molar-refractivity contribution in [3.63, 3.8) is 0 Å². The first-order chi connectivity index (χ1) is 8.33. The first-order valence-corrected chi connectivity index (χ1v) is 6.70. The largest absolute Gasteiger partial charge is 0.388 e. The highest BCUT2D eigenvalue weighted by molar-refractivity contribution is 7.11. The molecular formula is C13H14N2OS. The smallest absolute Gasteiger partial charge is 0.0975 e. The number of rotatable bonds is 2. The summed E-state index contributed by atoms with van der Waals surface area (Å²) in [5.74, 6) is 0. The maximum atomic E-state index is 9.90. The second kappa shape index (κ2) is 4.55. The van der Waals surface area contributed by atoms with Crippen LogP contribution in [0.3, 0.4) is 0 Å². The van der Waals surface area contributed by atoms with Crippen molar-refractivity contribution in [2.24, 2.45) is 0 Å². The van der Waals surface area contributed by atoms with Crippen molar-refractivity contribution in [1.82, 2.24) is 9.97 Å². The molecule has 3 nitrogen and oxygen atoms in total. The van der Waals surface area contributed by atoms with Crippen molar-refractivity contribution in [2.45, 2.75) is 31.8 Å². The van der Waals surface area contributed by atoms with Crippen LogP contribution in [0.4, 0.5) is 0 Å². The number of fused-ring (bicyclic) bond motifs is 1. The molecule has 3 rings (SSSR count). The summed E-state index contributed by atoms with van der Waals surface area (Å²) in [4.78, 5) is 9.73. The third-order valence-corrected chi connectivity index (χ3v) is 4.27. The van der Waals surface area contributed by atoms with E-state index in [2.05, 4.69) is 9.97 Å². The zero-order valence-corrected chi connectivity index (χ0v) is 10.3. The number of aliphatic hydroxyl groups excluding tert-OH is 1. The van der Waals surface area contributed by atoms with Crippen LogP contribution in [0.25, 0.3) is 0 Å². The fourth-order valence-electron chi connectivity index (χ4n) is 2.20. The van der Waals surface area contributed by atoms with Gasteiger partial charge in [-0.25, -0.2) is 4.98 Å². The Morgan fingerprint density at radius 1 is 1.35 bits per heavy atom. The third kappa shape index (κ3) is 2.23. The average Bonchev–Trinajstić information content (AvgIpc) is 2.74. The molecule has 1 aliphatic rings. The molecule has 0 fully saturated rings. The molecule has 1 aliphatic carbocycles. The Bertz CT molecular complexity index is 509. The van der Waals surface area contributed by atoms with Gasteiger partial charge in [-0.05, 0) is 37.0 Å². The summed E-state index contributed by atoms with van der Waals surface area (Å²) in [5, 5.41) is 11.0. The minimum Gasteiger partial charge on any atom is -0.388 e. The van der Waals surface area contributed by atoms with Gasteiger partial charge in [-0.3, -0.25) is 4.98 Å². The number of hydrogen-bond donors (Lipinski definition) is 1. The van der Waals surface area contributed by atoms with Gasteiger partial charge in [0, 0.05) is 18.8 Å². The Balaban J connectivity index is 1.85. The van der Waals surface area contributed by atoms with Gasteiger partial charge < -0.3 is 5.11 Å². The lowest BCUT2D eigenvalue weighted by Gasteiger charge is -2.14. The Morgan fingerprint density at radius 2 is 2.18 bits per heavy atom. The van der Waals surface area contributed by atoms with Gasteiger partial charge in [0.15, 0.2) is 0 Å². The Kier molecular flexibility index (Phi) is 2.91. The van der Waals surface area contributed by atoms with Gasteiger partial charge in [0.25, 0.3) is 0 Å². The molecule has 2 aromatic rings. The van der Waals surface area contributed by atoms with Crippen LogP contribution < -0.4 is 0 Å². The maximum absolute atomic E-state index is 9.90. The van der Waals surface area contributed by atoms with E-state index < -0.39 is 0 Å². The van der Waals surface area contributed by atoms with E-state index in [-0.39, 0.29) is 6.10 Å². The molecule has 0 saturated heterocycles. The minimum absolute atomic E-state index is 0.289. The van der Waals surface area contributed by atoms with E-state index in [9.17, 15) is 5.11 Å². The fourth-order valence-corrected chi connectivity index (χ4v) is 3.37.